The van der Waals surface area contributed by atoms with Crippen molar-refractivity contribution in [3.63, 3.8) is 0 Å². The van der Waals surface area contributed by atoms with Crippen molar-refractivity contribution in [1.29, 1.82) is 0 Å². The van der Waals surface area contributed by atoms with Gasteiger partial charge in [0.25, 0.3) is 0 Å². The average molecular weight is 264 g/mol. The Morgan fingerprint density at radius 2 is 1.14 bits per heavy atom. The smallest absolute Gasteiger partial charge is 0.344 e. The zero-order valence-electron chi connectivity index (χ0n) is 10.7. The van der Waals surface area contributed by atoms with Gasteiger partial charge in [0.05, 0.1) is 0 Å². The third kappa shape index (κ3) is 13.6. The largest absolute Gasteiger partial charge is 0.368 e. The molecule has 0 rings (SSSR count). The van der Waals surface area contributed by atoms with Gasteiger partial charge in [-0.05, 0) is 41.4 Å². The molecule has 0 unspecified atom stereocenters. The zero-order valence-corrected chi connectivity index (χ0v) is 10.7. The Labute approximate surface area is 124 Å². The molecule has 0 N–H and O–H groups in total. The minimum atomic E-state index is -0.645. The Hall–Kier alpha value is -4.31. The normalized spacial score (nSPS) is 4.71. The highest BCUT2D eigenvalue weighted by Gasteiger charge is 1.86. The summed E-state index contributed by atoms with van der Waals surface area (Å²) in [5.74, 6) is 32.6. The number of terminal acetylenes is 1. The van der Waals surface area contributed by atoms with Crippen LogP contribution in [0.4, 0.5) is 0 Å². The minimum absolute atomic E-state index is 0.645. The third-order valence-corrected chi connectivity index (χ3v) is 1.19. The van der Waals surface area contributed by atoms with Crippen LogP contribution >= 0.6 is 0 Å². The van der Waals surface area contributed by atoms with E-state index in [1.807, 2.05) is 0 Å². The van der Waals surface area contributed by atoms with Crippen molar-refractivity contribution in [3.05, 3.63) is 12.7 Å². The van der Waals surface area contributed by atoms with Crippen molar-refractivity contribution in [1.82, 2.24) is 0 Å². The molecule has 0 spiro atoms. The second-order valence-corrected chi connectivity index (χ2v) is 2.50. The van der Waals surface area contributed by atoms with Crippen LogP contribution in [0, 0.1) is 95.4 Å². The fourth-order valence-corrected chi connectivity index (χ4v) is 0.523. The maximum absolute atomic E-state index is 10.6. The monoisotopic (exact) mass is 264 g/mol. The molecule has 2 nitrogen and oxygen atoms in total. The molecule has 92 valence electrons. The molecule has 0 amide bonds. The van der Waals surface area contributed by atoms with E-state index in [-0.39, 0.29) is 0 Å². The molecule has 0 radical (unpaired) electrons. The highest BCUT2D eigenvalue weighted by molar-refractivity contribution is 5.82. The summed E-state index contributed by atoms with van der Waals surface area (Å²) in [6.45, 7) is 3.20. The van der Waals surface area contributed by atoms with Crippen LogP contribution in [0.2, 0.25) is 0 Å². The summed E-state index contributed by atoms with van der Waals surface area (Å²) >= 11 is 0. The molecule has 0 aliphatic carbocycles. The second-order valence-electron chi connectivity index (χ2n) is 2.50. The molecule has 0 atom stereocenters. The summed E-state index contributed by atoms with van der Waals surface area (Å²) in [5, 5.41) is 0. The van der Waals surface area contributed by atoms with Crippen molar-refractivity contribution in [2.75, 3.05) is 0 Å². The molecule has 0 aromatic carbocycles. The molecule has 0 aromatic heterocycles. The van der Waals surface area contributed by atoms with Crippen molar-refractivity contribution < 1.29 is 9.53 Å². The van der Waals surface area contributed by atoms with Crippen LogP contribution < -0.4 is 0 Å². The van der Waals surface area contributed by atoms with Gasteiger partial charge in [-0.1, -0.05) is 6.58 Å². The summed E-state index contributed by atoms with van der Waals surface area (Å²) < 4.78 is 4.35. The Morgan fingerprint density at radius 3 is 1.52 bits per heavy atom. The van der Waals surface area contributed by atoms with Gasteiger partial charge in [-0.2, -0.15) is 0 Å². The topological polar surface area (TPSA) is 26.3 Å². The third-order valence-electron chi connectivity index (χ3n) is 1.19. The summed E-state index contributed by atoms with van der Waals surface area (Å²) in [6, 6.07) is 0. The first-order valence-electron chi connectivity index (χ1n) is 5.10. The average Bonchev–Trinajstić information content (AvgIpc) is 2.50. The van der Waals surface area contributed by atoms with Crippen LogP contribution in [0.25, 0.3) is 0 Å². The Morgan fingerprint density at radius 1 is 0.762 bits per heavy atom. The van der Waals surface area contributed by atoms with Crippen molar-refractivity contribution in [2.24, 2.45) is 0 Å². The van der Waals surface area contributed by atoms with E-state index < -0.39 is 5.97 Å². The van der Waals surface area contributed by atoms with Gasteiger partial charge < -0.3 is 4.74 Å². The van der Waals surface area contributed by atoms with Gasteiger partial charge in [0.2, 0.25) is 0 Å². The van der Waals surface area contributed by atoms with Crippen molar-refractivity contribution in [3.8, 4) is 95.4 Å². The van der Waals surface area contributed by atoms with E-state index in [0.717, 1.165) is 6.08 Å². The number of rotatable bonds is 1. The molecular formula is C19H4O2. The molecular weight excluding hydrogens is 260 g/mol. The number of ether oxygens (including phenoxy) is 1. The van der Waals surface area contributed by atoms with Gasteiger partial charge in [-0.15, -0.1) is 6.42 Å². The van der Waals surface area contributed by atoms with Gasteiger partial charge in [0, 0.05) is 47.5 Å². The lowest BCUT2D eigenvalue weighted by molar-refractivity contribution is -0.131. The van der Waals surface area contributed by atoms with Crippen LogP contribution in [0.15, 0.2) is 12.7 Å². The number of esters is 1. The number of hydrogen-bond acceptors (Lipinski definition) is 2. The number of hydrogen-bond donors (Lipinski definition) is 0. The molecule has 0 heterocycles. The second kappa shape index (κ2) is 13.8. The summed E-state index contributed by atoms with van der Waals surface area (Å²) in [6.07, 6.45) is 7.94. The zero-order chi connectivity index (χ0) is 15.6. The Bertz CT molecular complexity index is 890. The summed E-state index contributed by atoms with van der Waals surface area (Å²) in [4.78, 5) is 10.6. The van der Waals surface area contributed by atoms with Crippen molar-refractivity contribution >= 4 is 5.97 Å². The maximum Gasteiger partial charge on any atom is 0.344 e. The molecule has 0 aromatic rings. The highest BCUT2D eigenvalue weighted by atomic mass is 16.5. The molecule has 0 saturated carbocycles. The molecule has 0 fully saturated rings. The maximum atomic E-state index is 10.6. The quantitative estimate of drug-likeness (QED) is 0.387. The fraction of sp³-hybridized carbons (Fsp3) is 0. The van der Waals surface area contributed by atoms with Crippen LogP contribution in [-0.4, -0.2) is 5.97 Å². The summed E-state index contributed by atoms with van der Waals surface area (Å²) in [7, 11) is 0. The fourth-order valence-electron chi connectivity index (χ4n) is 0.523. The molecule has 21 heavy (non-hydrogen) atoms. The number of carbonyl (C=O) groups excluding carboxylic acids is 1. The molecule has 0 aliphatic heterocycles. The highest BCUT2D eigenvalue weighted by Crippen LogP contribution is 1.73. The SMILES string of the molecule is C#CC#CC#CC#CC#CC#CC#CC#COC(=O)C=C. The standard InChI is InChI=1S/C19H4O2/c1-3-5-6-7-8-9-10-11-12-13-14-15-16-17-18-21-19(20)4-2/h1,4H,2H2. The molecule has 0 aliphatic rings. The van der Waals surface area contributed by atoms with Gasteiger partial charge in [0.1, 0.15) is 6.11 Å². The van der Waals surface area contributed by atoms with Crippen LogP contribution in [0.3, 0.4) is 0 Å². The molecule has 0 saturated heterocycles. The van der Waals surface area contributed by atoms with Crippen LogP contribution in [0.5, 0.6) is 0 Å². The van der Waals surface area contributed by atoms with Gasteiger partial charge >= 0.3 is 5.97 Å². The lowest BCUT2D eigenvalue weighted by atomic mass is 10.5. The first-order valence-corrected chi connectivity index (χ1v) is 5.10. The van der Waals surface area contributed by atoms with E-state index >= 15 is 0 Å². The van der Waals surface area contributed by atoms with Gasteiger partial charge in [0.15, 0.2) is 0 Å². The molecule has 0 bridgehead atoms. The van der Waals surface area contributed by atoms with Crippen LogP contribution in [-0.2, 0) is 9.53 Å². The predicted molar refractivity (Wildman–Crippen MR) is 79.6 cm³/mol. The number of carbonyl (C=O) groups is 1. The van der Waals surface area contributed by atoms with E-state index in [1.54, 1.807) is 0 Å². The summed E-state index contributed by atoms with van der Waals surface area (Å²) in [5.41, 5.74) is 0. The lowest BCUT2D eigenvalue weighted by Crippen LogP contribution is -1.91. The van der Waals surface area contributed by atoms with E-state index in [4.69, 9.17) is 6.42 Å². The Kier molecular flexibility index (Phi) is 10.9. The van der Waals surface area contributed by atoms with E-state index in [9.17, 15) is 4.79 Å². The van der Waals surface area contributed by atoms with E-state index in [2.05, 4.69) is 100 Å². The van der Waals surface area contributed by atoms with Gasteiger partial charge in [-0.3, -0.25) is 0 Å². The van der Waals surface area contributed by atoms with E-state index in [0.29, 0.717) is 0 Å². The minimum Gasteiger partial charge on any atom is -0.368 e. The van der Waals surface area contributed by atoms with Crippen molar-refractivity contribution in [2.45, 2.75) is 0 Å². The van der Waals surface area contributed by atoms with Gasteiger partial charge in [-0.25, -0.2) is 4.79 Å². The molecule has 2 heteroatoms. The van der Waals surface area contributed by atoms with E-state index in [1.165, 1.54) is 0 Å². The van der Waals surface area contributed by atoms with Crippen LogP contribution in [0.1, 0.15) is 0 Å². The Balaban J connectivity index is 4.29. The first-order chi connectivity index (χ1) is 10.3. The predicted octanol–water partition coefficient (Wildman–Crippen LogP) is 0.330. The lowest BCUT2D eigenvalue weighted by Gasteiger charge is -1.81. The first kappa shape index (κ1) is 16.7.